The molecule has 8 heavy (non-hydrogen) atoms. The van der Waals surface area contributed by atoms with Crippen molar-refractivity contribution in [2.24, 2.45) is 0 Å². The van der Waals surface area contributed by atoms with E-state index in [1.165, 1.54) is 13.8 Å². The van der Waals surface area contributed by atoms with Crippen LogP contribution in [0.5, 0.6) is 0 Å². The molecule has 1 rings (SSSR count). The molecule has 0 aromatic carbocycles. The van der Waals surface area contributed by atoms with Crippen LogP contribution in [0.2, 0.25) is 0 Å². The molecule has 0 spiro atoms. The molecule has 0 radical (unpaired) electrons. The molecule has 0 saturated heterocycles. The summed E-state index contributed by atoms with van der Waals surface area (Å²) in [5, 5.41) is 0. The van der Waals surface area contributed by atoms with Crippen LogP contribution in [-0.2, 0) is 24.4 Å². The summed E-state index contributed by atoms with van der Waals surface area (Å²) in [5.41, 5.74) is 1.44. The van der Waals surface area contributed by atoms with Crippen molar-refractivity contribution in [3.05, 3.63) is 11.6 Å². The van der Waals surface area contributed by atoms with Gasteiger partial charge in [0.25, 0.3) is 0 Å². The molecule has 1 aliphatic heterocycles. The van der Waals surface area contributed by atoms with Crippen LogP contribution >= 0.6 is 8.20 Å². The normalized spacial score (nSPS) is 37.4. The third kappa shape index (κ3) is 1.63. The Balaban J connectivity index is 0.000000640. The Morgan fingerprint density at radius 1 is 1.88 bits per heavy atom. The summed E-state index contributed by atoms with van der Waals surface area (Å²) in [6.07, 6.45) is 2.34. The fourth-order valence-electron chi connectivity index (χ4n) is 0.776. The summed E-state index contributed by atoms with van der Waals surface area (Å²) < 4.78 is 0.483. The minimum atomic E-state index is 0. The minimum absolute atomic E-state index is 0. The Bertz CT molecular complexity index is 160. The first-order chi connectivity index (χ1) is 3.60. The third-order valence-electron chi connectivity index (χ3n) is 1.07. The van der Waals surface area contributed by atoms with Crippen LogP contribution in [0.3, 0.4) is 0 Å². The monoisotopic (exact) mass is 157 g/mol. The fraction of sp³-hybridized carbons (Fsp3) is 0.500. The zero-order valence-corrected chi connectivity index (χ0v) is 7.88. The van der Waals surface area contributed by atoms with Crippen LogP contribution in [0.1, 0.15) is 15.3 Å². The van der Waals surface area contributed by atoms with Gasteiger partial charge in [-0.1, -0.05) is 0 Å². The van der Waals surface area contributed by atoms with E-state index in [9.17, 15) is 0 Å². The molecule has 0 amide bonds. The van der Waals surface area contributed by atoms with E-state index in [2.05, 4.69) is 25.7 Å². The smallest absolute Gasteiger partial charge is 1.00 e. The number of allylic oxidation sites excluding steroid dienone is 2. The second-order valence-electron chi connectivity index (χ2n) is 2.37. The molecule has 1 unspecified atom stereocenters. The van der Waals surface area contributed by atoms with Crippen LogP contribution in [0.15, 0.2) is 11.6 Å². The molecule has 1 aliphatic rings. The molecule has 0 bridgehead atoms. The van der Waals surface area contributed by atoms with Gasteiger partial charge in [0.05, 0.1) is 0 Å². The SMILES string of the molecule is CC1=C[C](C)([Sc])P=C1.[H-]. The second kappa shape index (κ2) is 2.19. The molecule has 0 aromatic rings. The zero-order valence-electron chi connectivity index (χ0n) is 6.18. The van der Waals surface area contributed by atoms with Gasteiger partial charge in [0.2, 0.25) is 0 Å². The van der Waals surface area contributed by atoms with E-state index in [-0.39, 0.29) is 1.43 Å². The van der Waals surface area contributed by atoms with Gasteiger partial charge in [-0.15, -0.1) is 0 Å². The Labute approximate surface area is 68.2 Å². The van der Waals surface area contributed by atoms with E-state index in [4.69, 9.17) is 0 Å². The van der Waals surface area contributed by atoms with Gasteiger partial charge in [0, 0.05) is 0 Å². The van der Waals surface area contributed by atoms with Gasteiger partial charge in [-0.3, -0.25) is 0 Å². The first kappa shape index (κ1) is 6.89. The Morgan fingerprint density at radius 3 is 2.62 bits per heavy atom. The molecule has 0 fully saturated rings. The molecule has 0 N–H and O–H groups in total. The molecule has 2 heteroatoms. The summed E-state index contributed by atoms with van der Waals surface area (Å²) in [6.45, 7) is 4.44. The maximum atomic E-state index is 2.34. The minimum Gasteiger partial charge on any atom is -1.00 e. The third-order valence-corrected chi connectivity index (χ3v) is 3.25. The van der Waals surface area contributed by atoms with E-state index < -0.39 is 0 Å². The van der Waals surface area contributed by atoms with Crippen LogP contribution < -0.4 is 0 Å². The number of hydrogen-bond acceptors (Lipinski definition) is 0. The summed E-state index contributed by atoms with van der Waals surface area (Å²) in [6, 6.07) is 0. The molecule has 42 valence electrons. The largest absolute Gasteiger partial charge is 1.00 e. The second-order valence-corrected chi connectivity index (χ2v) is 6.48. The van der Waals surface area contributed by atoms with Gasteiger partial charge >= 0.3 is 66.8 Å². The van der Waals surface area contributed by atoms with E-state index in [0.717, 1.165) is 0 Å². The molecule has 0 aliphatic carbocycles. The average Bonchev–Trinajstić information content (AvgIpc) is 1.82. The Hall–Kier alpha value is 0.780. The van der Waals surface area contributed by atoms with Crippen molar-refractivity contribution in [2.45, 2.75) is 16.8 Å². The van der Waals surface area contributed by atoms with Gasteiger partial charge in [-0.2, -0.15) is 0 Å². The topological polar surface area (TPSA) is 0 Å². The predicted octanol–water partition coefficient (Wildman–Crippen LogP) is 2.07. The van der Waals surface area contributed by atoms with Crippen LogP contribution in [0, 0.1) is 0 Å². The standard InChI is InChI=1S/C6H8P.Sc.H/c1-5-3-6(2)7-4-5;;/h3-4H,1-2H3;;/q;;-1. The summed E-state index contributed by atoms with van der Waals surface area (Å²) in [5.74, 6) is 2.28. The van der Waals surface area contributed by atoms with E-state index in [1.54, 1.807) is 0 Å². The van der Waals surface area contributed by atoms with Crippen molar-refractivity contribution in [3.8, 4) is 0 Å². The molecule has 1 atom stereocenters. The van der Waals surface area contributed by atoms with Gasteiger partial charge in [0.15, 0.2) is 0 Å². The number of rotatable bonds is 0. The fourth-order valence-corrected chi connectivity index (χ4v) is 2.37. The van der Waals surface area contributed by atoms with Crippen LogP contribution in [0.4, 0.5) is 0 Å². The van der Waals surface area contributed by atoms with E-state index in [0.29, 0.717) is 2.91 Å². The van der Waals surface area contributed by atoms with Gasteiger partial charge in [-0.25, -0.2) is 0 Å². The molecule has 0 nitrogen and oxygen atoms in total. The average molecular weight is 157 g/mol. The first-order valence-corrected chi connectivity index (χ1v) is 4.50. The summed E-state index contributed by atoms with van der Waals surface area (Å²) >= 11 is 1.81. The van der Waals surface area contributed by atoms with Crippen molar-refractivity contribution in [3.63, 3.8) is 0 Å². The molecule has 0 aromatic heterocycles. The van der Waals surface area contributed by atoms with Crippen molar-refractivity contribution in [1.29, 1.82) is 0 Å². The molecular formula is C6H9PSc-. The maximum Gasteiger partial charge on any atom is -1.00 e. The first-order valence-electron chi connectivity index (χ1n) is 2.64. The maximum absolute atomic E-state index is 2.34. The van der Waals surface area contributed by atoms with Crippen molar-refractivity contribution >= 4 is 14.0 Å². The van der Waals surface area contributed by atoms with Gasteiger partial charge in [0.1, 0.15) is 0 Å². The van der Waals surface area contributed by atoms with E-state index >= 15 is 0 Å². The molecule has 1 heterocycles. The zero-order chi connectivity index (χ0) is 6.20. The quantitative estimate of drug-likeness (QED) is 0.472. The summed E-state index contributed by atoms with van der Waals surface area (Å²) in [4.78, 5) is 0. The van der Waals surface area contributed by atoms with Crippen molar-refractivity contribution < 1.29 is 25.8 Å². The Kier molecular flexibility index (Phi) is 1.89. The van der Waals surface area contributed by atoms with Crippen LogP contribution in [-0.4, -0.2) is 8.71 Å². The predicted molar refractivity (Wildman–Crippen MR) is 36.3 cm³/mol. The van der Waals surface area contributed by atoms with Gasteiger partial charge < -0.3 is 1.43 Å². The van der Waals surface area contributed by atoms with Crippen molar-refractivity contribution in [1.82, 2.24) is 0 Å². The van der Waals surface area contributed by atoms with E-state index in [1.807, 2.05) is 24.4 Å². The van der Waals surface area contributed by atoms with Crippen molar-refractivity contribution in [2.75, 3.05) is 0 Å². The molecule has 0 saturated carbocycles. The van der Waals surface area contributed by atoms with Gasteiger partial charge in [-0.05, 0) is 0 Å². The summed E-state index contributed by atoms with van der Waals surface area (Å²) in [7, 11) is 1.47. The Morgan fingerprint density at radius 2 is 2.50 bits per heavy atom. The number of hydrogen-bond donors (Lipinski definition) is 0. The van der Waals surface area contributed by atoms with Crippen LogP contribution in [0.25, 0.3) is 0 Å². The molecular weight excluding hydrogens is 148 g/mol.